The Balaban J connectivity index is 1.85. The smallest absolute Gasteiger partial charge is 0.360 e. The molecule has 0 aliphatic carbocycles. The molecule has 0 radical (unpaired) electrons. The predicted octanol–water partition coefficient (Wildman–Crippen LogP) is 5.32. The average molecular weight is 457 g/mol. The summed E-state index contributed by atoms with van der Waals surface area (Å²) in [6.45, 7) is 1.64. The largest absolute Gasteiger partial charge is 0.416 e. The molecule has 2 N–H and O–H groups in total. The molecular weight excluding hydrogens is 441 g/mol. The van der Waals surface area contributed by atoms with Crippen LogP contribution in [0.5, 0.6) is 0 Å². The van der Waals surface area contributed by atoms with Crippen LogP contribution >= 0.6 is 11.6 Å². The van der Waals surface area contributed by atoms with Crippen LogP contribution in [0, 0.1) is 6.92 Å². The van der Waals surface area contributed by atoms with Crippen molar-refractivity contribution in [3.8, 4) is 11.3 Å². The quantitative estimate of drug-likeness (QED) is 0.557. The average Bonchev–Trinajstić information content (AvgIpc) is 3.02. The third-order valence-corrected chi connectivity index (χ3v) is 5.93. The lowest BCUT2D eigenvalue weighted by molar-refractivity contribution is -0.137. The first-order valence-electron chi connectivity index (χ1n) is 8.54. The first kappa shape index (κ1) is 21.9. The van der Waals surface area contributed by atoms with Crippen molar-refractivity contribution in [3.05, 3.63) is 70.4 Å². The molecule has 3 rings (SSSR count). The topological polar surface area (TPSA) is 79.0 Å². The monoisotopic (exact) mass is 456 g/mol. The van der Waals surface area contributed by atoms with Crippen LogP contribution in [-0.4, -0.2) is 25.6 Å². The molecule has 1 aromatic heterocycles. The van der Waals surface area contributed by atoms with Crippen LogP contribution in [0.4, 0.5) is 18.9 Å². The fourth-order valence-corrected chi connectivity index (χ4v) is 3.79. The van der Waals surface area contributed by atoms with Gasteiger partial charge in [0.2, 0.25) is 0 Å². The van der Waals surface area contributed by atoms with E-state index in [1.807, 2.05) is 0 Å². The Morgan fingerprint density at radius 3 is 2.27 bits per heavy atom. The Bertz CT molecular complexity index is 1220. The summed E-state index contributed by atoms with van der Waals surface area (Å²) in [4.78, 5) is 15.6. The van der Waals surface area contributed by atoms with Gasteiger partial charge >= 0.3 is 6.18 Å². The molecule has 0 bridgehead atoms. The van der Waals surface area contributed by atoms with Crippen LogP contribution in [0.25, 0.3) is 11.3 Å². The molecule has 10 heteroatoms. The van der Waals surface area contributed by atoms with Crippen molar-refractivity contribution in [2.45, 2.75) is 18.0 Å². The molecule has 0 spiro atoms. The van der Waals surface area contributed by atoms with E-state index in [1.165, 1.54) is 36.5 Å². The number of anilines is 1. The second kappa shape index (κ2) is 7.81. The van der Waals surface area contributed by atoms with Gasteiger partial charge in [-0.3, -0.25) is 4.79 Å². The molecule has 3 aromatic rings. The Labute approximate surface area is 175 Å². The molecule has 0 aliphatic rings. The van der Waals surface area contributed by atoms with Crippen molar-refractivity contribution in [3.63, 3.8) is 0 Å². The number of alkyl halides is 3. The first-order valence-corrected chi connectivity index (χ1v) is 10.8. The third-order valence-electron chi connectivity index (χ3n) is 4.49. The van der Waals surface area contributed by atoms with E-state index in [2.05, 4.69) is 10.3 Å². The fraction of sp³-hybridized carbons (Fsp3) is 0.150. The summed E-state index contributed by atoms with van der Waals surface area (Å²) < 4.78 is 61.5. The maximum absolute atomic E-state index is 12.8. The van der Waals surface area contributed by atoms with E-state index in [0.29, 0.717) is 22.5 Å². The molecule has 0 fully saturated rings. The normalized spacial score (nSPS) is 12.1. The molecule has 0 saturated heterocycles. The van der Waals surface area contributed by atoms with Crippen LogP contribution < -0.4 is 5.32 Å². The summed E-state index contributed by atoms with van der Waals surface area (Å²) in [5, 5.41) is 2.55. The van der Waals surface area contributed by atoms with Gasteiger partial charge in [0.15, 0.2) is 9.84 Å². The number of benzene rings is 2. The standard InChI is InChI=1S/C20H16ClF3N2O3S/c1-11-16(19(27)26-13-4-6-14(7-5-13)30(2,28)29)10-25-18(11)15-8-3-12(9-17(15)21)20(22,23)24/h3-10,25H,1-2H3,(H,26,27). The van der Waals surface area contributed by atoms with Crippen LogP contribution in [0.3, 0.4) is 0 Å². The van der Waals surface area contributed by atoms with Gasteiger partial charge in [-0.2, -0.15) is 13.2 Å². The van der Waals surface area contributed by atoms with Crippen LogP contribution in [0.1, 0.15) is 21.5 Å². The molecule has 1 heterocycles. The lowest BCUT2D eigenvalue weighted by Crippen LogP contribution is -2.12. The molecule has 1 amide bonds. The number of amides is 1. The van der Waals surface area contributed by atoms with Crippen LogP contribution in [-0.2, 0) is 16.0 Å². The number of carbonyl (C=O) groups is 1. The zero-order valence-corrected chi connectivity index (χ0v) is 17.3. The molecule has 0 saturated carbocycles. The van der Waals surface area contributed by atoms with Crippen molar-refractivity contribution >= 4 is 33.0 Å². The predicted molar refractivity (Wildman–Crippen MR) is 108 cm³/mol. The number of carbonyl (C=O) groups excluding carboxylic acids is 1. The Morgan fingerprint density at radius 2 is 1.73 bits per heavy atom. The fourth-order valence-electron chi connectivity index (χ4n) is 2.89. The van der Waals surface area contributed by atoms with Gasteiger partial charge in [0.25, 0.3) is 5.91 Å². The summed E-state index contributed by atoms with van der Waals surface area (Å²) in [6, 6.07) is 8.68. The van der Waals surface area contributed by atoms with Crippen molar-refractivity contribution < 1.29 is 26.4 Å². The van der Waals surface area contributed by atoms with E-state index in [1.54, 1.807) is 6.92 Å². The summed E-state index contributed by atoms with van der Waals surface area (Å²) in [5.74, 6) is -0.467. The van der Waals surface area contributed by atoms with Crippen LogP contribution in [0.15, 0.2) is 53.6 Å². The van der Waals surface area contributed by atoms with Gasteiger partial charge in [-0.15, -0.1) is 0 Å². The number of nitrogens with one attached hydrogen (secondary N) is 2. The van der Waals surface area contributed by atoms with Crippen LogP contribution in [0.2, 0.25) is 5.02 Å². The summed E-state index contributed by atoms with van der Waals surface area (Å²) in [7, 11) is -3.35. The number of aromatic nitrogens is 1. The highest BCUT2D eigenvalue weighted by molar-refractivity contribution is 7.90. The molecule has 5 nitrogen and oxygen atoms in total. The Morgan fingerprint density at radius 1 is 1.10 bits per heavy atom. The minimum atomic E-state index is -4.51. The number of hydrogen-bond donors (Lipinski definition) is 2. The summed E-state index contributed by atoms with van der Waals surface area (Å²) in [6.07, 6.45) is -2.00. The number of sulfone groups is 1. The second-order valence-corrected chi connectivity index (χ2v) is 9.07. The van der Waals surface area contributed by atoms with Gasteiger partial charge < -0.3 is 10.3 Å². The SMILES string of the molecule is Cc1c(C(=O)Nc2ccc(S(C)(=O)=O)cc2)c[nH]c1-c1ccc(C(F)(F)F)cc1Cl. The molecule has 2 aromatic carbocycles. The maximum Gasteiger partial charge on any atom is 0.416 e. The lowest BCUT2D eigenvalue weighted by Gasteiger charge is -2.10. The lowest BCUT2D eigenvalue weighted by atomic mass is 10.0. The maximum atomic E-state index is 12.8. The van der Waals surface area contributed by atoms with Crippen molar-refractivity contribution in [2.75, 3.05) is 11.6 Å². The van der Waals surface area contributed by atoms with Crippen molar-refractivity contribution in [1.82, 2.24) is 4.98 Å². The highest BCUT2D eigenvalue weighted by Gasteiger charge is 2.31. The van der Waals surface area contributed by atoms with E-state index in [9.17, 15) is 26.4 Å². The molecular formula is C20H16ClF3N2O3S. The zero-order chi connectivity index (χ0) is 22.3. The van der Waals surface area contributed by atoms with Crippen molar-refractivity contribution in [2.24, 2.45) is 0 Å². The van der Waals surface area contributed by atoms with Gasteiger partial charge in [-0.05, 0) is 48.9 Å². The van der Waals surface area contributed by atoms with Gasteiger partial charge in [0, 0.05) is 23.7 Å². The third kappa shape index (κ3) is 4.52. The highest BCUT2D eigenvalue weighted by Crippen LogP contribution is 2.36. The minimum absolute atomic E-state index is 0.0990. The van der Waals surface area contributed by atoms with Gasteiger partial charge in [-0.1, -0.05) is 17.7 Å². The molecule has 0 aliphatic heterocycles. The second-order valence-electron chi connectivity index (χ2n) is 6.65. The highest BCUT2D eigenvalue weighted by atomic mass is 35.5. The van der Waals surface area contributed by atoms with E-state index >= 15 is 0 Å². The van der Waals surface area contributed by atoms with Crippen molar-refractivity contribution in [1.29, 1.82) is 0 Å². The Hall–Kier alpha value is -2.78. The van der Waals surface area contributed by atoms with Gasteiger partial charge in [-0.25, -0.2) is 8.42 Å². The van der Waals surface area contributed by atoms with E-state index in [4.69, 9.17) is 11.6 Å². The number of rotatable bonds is 4. The minimum Gasteiger partial charge on any atom is -0.360 e. The number of H-pyrrole nitrogens is 1. The molecule has 0 atom stereocenters. The zero-order valence-electron chi connectivity index (χ0n) is 15.8. The van der Waals surface area contributed by atoms with E-state index in [-0.39, 0.29) is 15.5 Å². The summed E-state index contributed by atoms with van der Waals surface area (Å²) in [5.41, 5.74) is 1.05. The molecule has 0 unspecified atom stereocenters. The number of hydrogen-bond acceptors (Lipinski definition) is 3. The Kier molecular flexibility index (Phi) is 5.70. The summed E-state index contributed by atoms with van der Waals surface area (Å²) >= 11 is 6.04. The molecule has 158 valence electrons. The number of halogens is 4. The van der Waals surface area contributed by atoms with E-state index < -0.39 is 27.5 Å². The van der Waals surface area contributed by atoms with E-state index in [0.717, 1.165) is 18.4 Å². The van der Waals surface area contributed by atoms with Gasteiger partial charge in [0.05, 0.1) is 26.7 Å². The number of aromatic amines is 1. The molecule has 30 heavy (non-hydrogen) atoms. The van der Waals surface area contributed by atoms with Gasteiger partial charge in [0.1, 0.15) is 0 Å². The first-order chi connectivity index (χ1) is 13.9.